The maximum Gasteiger partial charge on any atom is 0.256 e. The van der Waals surface area contributed by atoms with E-state index in [9.17, 15) is 9.18 Å². The smallest absolute Gasteiger partial charge is 0.256 e. The van der Waals surface area contributed by atoms with Gasteiger partial charge in [-0.15, -0.1) is 0 Å². The second-order valence-electron chi connectivity index (χ2n) is 4.78. The highest BCUT2D eigenvalue weighted by atomic mass is 79.9. The number of likely N-dealkylation sites (tertiary alicyclic amines) is 1. The Morgan fingerprint density at radius 2 is 2.22 bits per heavy atom. The zero-order chi connectivity index (χ0) is 13.3. The van der Waals surface area contributed by atoms with E-state index in [0.717, 1.165) is 10.9 Å². The molecule has 1 amide bonds. The molecule has 5 heteroatoms. The summed E-state index contributed by atoms with van der Waals surface area (Å²) in [6.45, 7) is 1.35. The van der Waals surface area contributed by atoms with E-state index >= 15 is 0 Å². The highest BCUT2D eigenvalue weighted by Gasteiger charge is 2.29. The molecule has 1 aromatic carbocycles. The number of benzene rings is 1. The molecule has 1 aliphatic rings. The van der Waals surface area contributed by atoms with Gasteiger partial charge in [-0.1, -0.05) is 15.9 Å². The van der Waals surface area contributed by atoms with Crippen LogP contribution in [0, 0.1) is 5.82 Å². The molecule has 1 unspecified atom stereocenters. The third-order valence-electron chi connectivity index (χ3n) is 3.34. The molecule has 2 rings (SSSR count). The van der Waals surface area contributed by atoms with E-state index in [2.05, 4.69) is 20.8 Å². The third kappa shape index (κ3) is 2.72. The summed E-state index contributed by atoms with van der Waals surface area (Å²) in [7, 11) is 4.00. The van der Waals surface area contributed by atoms with E-state index in [4.69, 9.17) is 0 Å². The molecule has 0 radical (unpaired) electrons. The van der Waals surface area contributed by atoms with Crippen molar-refractivity contribution in [2.24, 2.45) is 0 Å². The average molecular weight is 315 g/mol. The van der Waals surface area contributed by atoms with Crippen LogP contribution in [0.25, 0.3) is 0 Å². The fraction of sp³-hybridized carbons (Fsp3) is 0.462. The Kier molecular flexibility index (Phi) is 4.02. The van der Waals surface area contributed by atoms with Gasteiger partial charge in [-0.3, -0.25) is 4.79 Å². The number of hydrogen-bond acceptors (Lipinski definition) is 2. The molecule has 3 nitrogen and oxygen atoms in total. The van der Waals surface area contributed by atoms with E-state index in [1.54, 1.807) is 17.0 Å². The largest absolute Gasteiger partial charge is 0.337 e. The monoisotopic (exact) mass is 314 g/mol. The normalized spacial score (nSPS) is 19.6. The summed E-state index contributed by atoms with van der Waals surface area (Å²) in [5, 5.41) is 0. The molecule has 1 saturated heterocycles. The van der Waals surface area contributed by atoms with E-state index < -0.39 is 5.82 Å². The second-order valence-corrected chi connectivity index (χ2v) is 5.70. The van der Waals surface area contributed by atoms with Crippen LogP contribution in [0.15, 0.2) is 22.7 Å². The molecule has 98 valence electrons. The van der Waals surface area contributed by atoms with Crippen LogP contribution in [-0.4, -0.2) is 48.9 Å². The van der Waals surface area contributed by atoms with Crippen LogP contribution >= 0.6 is 15.9 Å². The highest BCUT2D eigenvalue weighted by Crippen LogP contribution is 2.20. The lowest BCUT2D eigenvalue weighted by molar-refractivity contribution is 0.0778. The van der Waals surface area contributed by atoms with Crippen molar-refractivity contribution in [1.29, 1.82) is 0 Å². The van der Waals surface area contributed by atoms with Gasteiger partial charge in [0.25, 0.3) is 5.91 Å². The van der Waals surface area contributed by atoms with Crippen molar-refractivity contribution < 1.29 is 9.18 Å². The van der Waals surface area contributed by atoms with Crippen LogP contribution in [0.5, 0.6) is 0 Å². The SMILES string of the molecule is CN(C)C1CCN(C(=O)c2cc(Br)ccc2F)C1. The van der Waals surface area contributed by atoms with Crippen LogP contribution in [-0.2, 0) is 0 Å². The fourth-order valence-electron chi connectivity index (χ4n) is 2.18. The summed E-state index contributed by atoms with van der Waals surface area (Å²) in [4.78, 5) is 16.1. The van der Waals surface area contributed by atoms with Crippen molar-refractivity contribution in [3.8, 4) is 0 Å². The first-order chi connectivity index (χ1) is 8.49. The number of carbonyl (C=O) groups excluding carboxylic acids is 1. The van der Waals surface area contributed by atoms with E-state index in [1.165, 1.54) is 6.07 Å². The van der Waals surface area contributed by atoms with Crippen molar-refractivity contribution in [3.05, 3.63) is 34.1 Å². The summed E-state index contributed by atoms with van der Waals surface area (Å²) < 4.78 is 14.4. The summed E-state index contributed by atoms with van der Waals surface area (Å²) in [5.41, 5.74) is 0.142. The number of carbonyl (C=O) groups is 1. The Balaban J connectivity index is 2.15. The van der Waals surface area contributed by atoms with Crippen molar-refractivity contribution in [2.45, 2.75) is 12.5 Å². The lowest BCUT2D eigenvalue weighted by Crippen LogP contribution is -2.34. The highest BCUT2D eigenvalue weighted by molar-refractivity contribution is 9.10. The molecule has 1 aliphatic heterocycles. The summed E-state index contributed by atoms with van der Waals surface area (Å²) in [5.74, 6) is -0.686. The predicted molar refractivity (Wildman–Crippen MR) is 72.1 cm³/mol. The summed E-state index contributed by atoms with van der Waals surface area (Å²) >= 11 is 3.26. The topological polar surface area (TPSA) is 23.6 Å². The third-order valence-corrected chi connectivity index (χ3v) is 3.83. The molecule has 1 aromatic rings. The minimum Gasteiger partial charge on any atom is -0.337 e. The molecule has 1 heterocycles. The van der Waals surface area contributed by atoms with Gasteiger partial charge < -0.3 is 9.80 Å². The molecule has 1 fully saturated rings. The lowest BCUT2D eigenvalue weighted by Gasteiger charge is -2.20. The van der Waals surface area contributed by atoms with Gasteiger partial charge in [0.15, 0.2) is 0 Å². The van der Waals surface area contributed by atoms with E-state index in [0.29, 0.717) is 19.1 Å². The molecule has 0 N–H and O–H groups in total. The molecular weight excluding hydrogens is 299 g/mol. The Morgan fingerprint density at radius 3 is 2.83 bits per heavy atom. The lowest BCUT2D eigenvalue weighted by atomic mass is 10.2. The van der Waals surface area contributed by atoms with Crippen LogP contribution in [0.2, 0.25) is 0 Å². The van der Waals surface area contributed by atoms with Crippen LogP contribution < -0.4 is 0 Å². The number of likely N-dealkylation sites (N-methyl/N-ethyl adjacent to an activating group) is 1. The molecule has 1 atom stereocenters. The Labute approximate surface area is 115 Å². The van der Waals surface area contributed by atoms with Gasteiger partial charge in [0.05, 0.1) is 5.56 Å². The van der Waals surface area contributed by atoms with Crippen LogP contribution in [0.4, 0.5) is 4.39 Å². The number of nitrogens with zero attached hydrogens (tertiary/aromatic N) is 2. The summed E-state index contributed by atoms with van der Waals surface area (Å²) in [6, 6.07) is 4.82. The molecule has 18 heavy (non-hydrogen) atoms. The summed E-state index contributed by atoms with van der Waals surface area (Å²) in [6.07, 6.45) is 0.939. The molecule has 0 bridgehead atoms. The van der Waals surface area contributed by atoms with Crippen molar-refractivity contribution >= 4 is 21.8 Å². The predicted octanol–water partition coefficient (Wildman–Crippen LogP) is 2.36. The number of halogens is 2. The Bertz CT molecular complexity index is 464. The van der Waals surface area contributed by atoms with E-state index in [1.807, 2.05) is 14.1 Å². The van der Waals surface area contributed by atoms with Gasteiger partial charge in [0.1, 0.15) is 5.82 Å². The van der Waals surface area contributed by atoms with Crippen LogP contribution in [0.1, 0.15) is 16.8 Å². The number of rotatable bonds is 2. The van der Waals surface area contributed by atoms with Crippen molar-refractivity contribution in [1.82, 2.24) is 9.80 Å². The molecular formula is C13H16BrFN2O. The van der Waals surface area contributed by atoms with E-state index in [-0.39, 0.29) is 11.5 Å². The Morgan fingerprint density at radius 1 is 1.50 bits per heavy atom. The minimum atomic E-state index is -0.462. The van der Waals surface area contributed by atoms with Crippen LogP contribution in [0.3, 0.4) is 0 Å². The van der Waals surface area contributed by atoms with Gasteiger partial charge in [-0.25, -0.2) is 4.39 Å². The minimum absolute atomic E-state index is 0.142. The standard InChI is InChI=1S/C13H16BrFN2O/c1-16(2)10-5-6-17(8-10)13(18)11-7-9(14)3-4-12(11)15/h3-4,7,10H,5-6,8H2,1-2H3. The zero-order valence-corrected chi connectivity index (χ0v) is 12.1. The number of hydrogen-bond donors (Lipinski definition) is 0. The quantitative estimate of drug-likeness (QED) is 0.836. The maximum atomic E-state index is 13.7. The van der Waals surface area contributed by atoms with Gasteiger partial charge in [0.2, 0.25) is 0 Å². The van der Waals surface area contributed by atoms with Crippen molar-refractivity contribution in [2.75, 3.05) is 27.2 Å². The molecule has 0 aromatic heterocycles. The van der Waals surface area contributed by atoms with Gasteiger partial charge in [0, 0.05) is 23.6 Å². The first-order valence-electron chi connectivity index (χ1n) is 5.90. The second kappa shape index (κ2) is 5.36. The molecule has 0 saturated carbocycles. The van der Waals surface area contributed by atoms with Crippen molar-refractivity contribution in [3.63, 3.8) is 0 Å². The fourth-order valence-corrected chi connectivity index (χ4v) is 2.54. The molecule has 0 spiro atoms. The average Bonchev–Trinajstić information content (AvgIpc) is 2.81. The Hall–Kier alpha value is -0.940. The van der Waals surface area contributed by atoms with Gasteiger partial charge in [-0.05, 0) is 38.7 Å². The zero-order valence-electron chi connectivity index (χ0n) is 10.5. The first kappa shape index (κ1) is 13.5. The number of amides is 1. The van der Waals surface area contributed by atoms with Gasteiger partial charge in [-0.2, -0.15) is 0 Å². The first-order valence-corrected chi connectivity index (χ1v) is 6.69. The van der Waals surface area contributed by atoms with Gasteiger partial charge >= 0.3 is 0 Å². The maximum absolute atomic E-state index is 13.7. The molecule has 0 aliphatic carbocycles.